The maximum absolute atomic E-state index is 5.80. The molecule has 4 heteroatoms. The Morgan fingerprint density at radius 2 is 1.52 bits per heavy atom. The number of fused-ring (bicyclic) bond motifs is 4. The Kier molecular flexibility index (Phi) is 3.77. The Bertz CT molecular complexity index is 1270. The zero-order chi connectivity index (χ0) is 18.2. The van der Waals surface area contributed by atoms with E-state index in [1.165, 1.54) is 32.9 Å². The molecule has 0 aliphatic rings. The van der Waals surface area contributed by atoms with Crippen molar-refractivity contribution in [3.05, 3.63) is 83.9 Å². The molecule has 0 aliphatic heterocycles. The van der Waals surface area contributed by atoms with Crippen LogP contribution in [0.25, 0.3) is 32.7 Å². The molecule has 0 aliphatic carbocycles. The Morgan fingerprint density at radius 3 is 2.44 bits per heavy atom. The largest absolute Gasteiger partial charge is 0.384 e. The number of nitrogens with one attached hydrogen (secondary N) is 2. The fourth-order valence-electron chi connectivity index (χ4n) is 3.64. The van der Waals surface area contributed by atoms with Crippen molar-refractivity contribution in [2.24, 2.45) is 0 Å². The molecule has 2 aromatic heterocycles. The number of rotatable bonds is 4. The van der Waals surface area contributed by atoms with Crippen LogP contribution in [0.1, 0.15) is 11.1 Å². The van der Waals surface area contributed by atoms with Crippen molar-refractivity contribution in [3.63, 3.8) is 0 Å². The molecule has 5 aromatic rings. The van der Waals surface area contributed by atoms with Crippen molar-refractivity contribution in [1.29, 1.82) is 0 Å². The lowest BCUT2D eigenvalue weighted by atomic mass is 10.1. The Balaban J connectivity index is 1.34. The quantitative estimate of drug-likeness (QED) is 0.438. The first-order chi connectivity index (χ1) is 13.3. The van der Waals surface area contributed by atoms with Crippen LogP contribution < -0.4 is 11.1 Å². The molecule has 5 rings (SSSR count). The van der Waals surface area contributed by atoms with Gasteiger partial charge in [-0.2, -0.15) is 0 Å². The number of benzene rings is 3. The molecule has 4 nitrogen and oxygen atoms in total. The second kappa shape index (κ2) is 6.41. The summed E-state index contributed by atoms with van der Waals surface area (Å²) in [5.41, 5.74) is 11.6. The molecule has 0 atom stereocenters. The van der Waals surface area contributed by atoms with Crippen molar-refractivity contribution < 1.29 is 0 Å². The molecule has 0 bridgehead atoms. The van der Waals surface area contributed by atoms with Gasteiger partial charge in [0.25, 0.3) is 0 Å². The van der Waals surface area contributed by atoms with Gasteiger partial charge in [-0.3, -0.25) is 0 Å². The summed E-state index contributed by atoms with van der Waals surface area (Å²) in [6.07, 6.45) is 0. The number of hydrogen-bond acceptors (Lipinski definition) is 3. The minimum absolute atomic E-state index is 0.555. The van der Waals surface area contributed by atoms with Gasteiger partial charge in [0, 0.05) is 40.3 Å². The predicted octanol–water partition coefficient (Wildman–Crippen LogP) is 4.74. The summed E-state index contributed by atoms with van der Waals surface area (Å²) in [4.78, 5) is 7.88. The number of aromatic amines is 1. The van der Waals surface area contributed by atoms with Gasteiger partial charge in [-0.25, -0.2) is 4.98 Å². The van der Waals surface area contributed by atoms with Gasteiger partial charge in [-0.1, -0.05) is 36.4 Å². The van der Waals surface area contributed by atoms with Crippen molar-refractivity contribution in [2.75, 3.05) is 5.73 Å². The first-order valence-corrected chi connectivity index (χ1v) is 9.11. The van der Waals surface area contributed by atoms with E-state index in [0.717, 1.165) is 24.0 Å². The SMILES string of the molecule is Nc1ccc2ccc(CNCc3ccc4[nH]c5ccccc5c4c3)cc2n1. The molecule has 0 fully saturated rings. The van der Waals surface area contributed by atoms with Crippen LogP contribution in [-0.2, 0) is 13.1 Å². The van der Waals surface area contributed by atoms with Gasteiger partial charge in [0.2, 0.25) is 0 Å². The molecule has 0 radical (unpaired) electrons. The van der Waals surface area contributed by atoms with E-state index in [1.807, 2.05) is 12.1 Å². The summed E-state index contributed by atoms with van der Waals surface area (Å²) in [5.74, 6) is 0.555. The molecular formula is C23H20N4. The monoisotopic (exact) mass is 352 g/mol. The summed E-state index contributed by atoms with van der Waals surface area (Å²) in [5, 5.41) is 7.19. The molecule has 0 spiro atoms. The highest BCUT2D eigenvalue weighted by Crippen LogP contribution is 2.26. The van der Waals surface area contributed by atoms with Crippen LogP contribution in [0.3, 0.4) is 0 Å². The van der Waals surface area contributed by atoms with Gasteiger partial charge in [0.05, 0.1) is 5.52 Å². The van der Waals surface area contributed by atoms with Crippen molar-refractivity contribution in [3.8, 4) is 0 Å². The van der Waals surface area contributed by atoms with Gasteiger partial charge in [0.1, 0.15) is 5.82 Å². The van der Waals surface area contributed by atoms with Crippen LogP contribution in [0.15, 0.2) is 72.8 Å². The van der Waals surface area contributed by atoms with Gasteiger partial charge >= 0.3 is 0 Å². The number of nitrogens with zero attached hydrogens (tertiary/aromatic N) is 1. The third-order valence-electron chi connectivity index (χ3n) is 5.01. The lowest BCUT2D eigenvalue weighted by Crippen LogP contribution is -2.12. The second-order valence-electron chi connectivity index (χ2n) is 6.92. The first kappa shape index (κ1) is 15.9. The molecule has 2 heterocycles. The van der Waals surface area contributed by atoms with E-state index >= 15 is 0 Å². The smallest absolute Gasteiger partial charge is 0.124 e. The van der Waals surface area contributed by atoms with E-state index in [9.17, 15) is 0 Å². The average Bonchev–Trinajstić information content (AvgIpc) is 3.06. The van der Waals surface area contributed by atoms with E-state index in [4.69, 9.17) is 5.73 Å². The summed E-state index contributed by atoms with van der Waals surface area (Å²) in [6, 6.07) is 25.2. The minimum atomic E-state index is 0.555. The first-order valence-electron chi connectivity index (χ1n) is 9.11. The van der Waals surface area contributed by atoms with E-state index in [0.29, 0.717) is 5.82 Å². The molecule has 27 heavy (non-hydrogen) atoms. The van der Waals surface area contributed by atoms with Crippen molar-refractivity contribution in [2.45, 2.75) is 13.1 Å². The molecular weight excluding hydrogens is 332 g/mol. The summed E-state index contributed by atoms with van der Waals surface area (Å²) in [6.45, 7) is 1.61. The highest BCUT2D eigenvalue weighted by Gasteiger charge is 2.05. The standard InChI is InChI=1S/C23H20N4/c24-23-10-8-17-7-5-16(12-22(17)27-23)14-25-13-15-6-9-21-19(11-15)18-3-1-2-4-20(18)26-21/h1-12,25-26H,13-14H2,(H2,24,27). The van der Waals surface area contributed by atoms with E-state index < -0.39 is 0 Å². The van der Waals surface area contributed by atoms with Gasteiger partial charge in [-0.15, -0.1) is 0 Å². The lowest BCUT2D eigenvalue weighted by molar-refractivity contribution is 0.694. The van der Waals surface area contributed by atoms with E-state index in [1.54, 1.807) is 0 Å². The van der Waals surface area contributed by atoms with E-state index in [2.05, 4.69) is 75.9 Å². The maximum Gasteiger partial charge on any atom is 0.124 e. The third kappa shape index (κ3) is 3.00. The molecule has 0 unspecified atom stereocenters. The minimum Gasteiger partial charge on any atom is -0.384 e. The number of pyridine rings is 1. The number of hydrogen-bond donors (Lipinski definition) is 3. The number of para-hydroxylation sites is 1. The fraction of sp³-hybridized carbons (Fsp3) is 0.0870. The van der Waals surface area contributed by atoms with Crippen LogP contribution >= 0.6 is 0 Å². The van der Waals surface area contributed by atoms with Crippen LogP contribution in [-0.4, -0.2) is 9.97 Å². The summed E-state index contributed by atoms with van der Waals surface area (Å²) >= 11 is 0. The lowest BCUT2D eigenvalue weighted by Gasteiger charge is -2.07. The van der Waals surface area contributed by atoms with Crippen LogP contribution in [0.4, 0.5) is 5.82 Å². The predicted molar refractivity (Wildman–Crippen MR) is 113 cm³/mol. The molecule has 3 aromatic carbocycles. The zero-order valence-corrected chi connectivity index (χ0v) is 14.9. The molecule has 0 amide bonds. The van der Waals surface area contributed by atoms with Gasteiger partial charge in [-0.05, 0) is 47.5 Å². The number of H-pyrrole nitrogens is 1. The molecule has 4 N–H and O–H groups in total. The molecule has 132 valence electrons. The zero-order valence-electron chi connectivity index (χ0n) is 14.9. The van der Waals surface area contributed by atoms with Crippen LogP contribution in [0.2, 0.25) is 0 Å². The van der Waals surface area contributed by atoms with Crippen LogP contribution in [0.5, 0.6) is 0 Å². The van der Waals surface area contributed by atoms with Crippen molar-refractivity contribution in [1.82, 2.24) is 15.3 Å². The average molecular weight is 352 g/mol. The summed E-state index contributed by atoms with van der Waals surface area (Å²) < 4.78 is 0. The second-order valence-corrected chi connectivity index (χ2v) is 6.92. The highest BCUT2D eigenvalue weighted by atomic mass is 14.9. The van der Waals surface area contributed by atoms with Crippen LogP contribution in [0, 0.1) is 0 Å². The van der Waals surface area contributed by atoms with Gasteiger partial charge < -0.3 is 16.0 Å². The topological polar surface area (TPSA) is 66.7 Å². The fourth-order valence-corrected chi connectivity index (χ4v) is 3.64. The number of anilines is 1. The number of nitrogens with two attached hydrogens (primary N) is 1. The van der Waals surface area contributed by atoms with E-state index in [-0.39, 0.29) is 0 Å². The normalized spacial score (nSPS) is 11.6. The molecule has 0 saturated heterocycles. The number of aromatic nitrogens is 2. The third-order valence-corrected chi connectivity index (χ3v) is 5.01. The Morgan fingerprint density at radius 1 is 0.778 bits per heavy atom. The van der Waals surface area contributed by atoms with Gasteiger partial charge in [0.15, 0.2) is 0 Å². The number of nitrogen functional groups attached to an aromatic ring is 1. The Labute approximate surface area is 157 Å². The maximum atomic E-state index is 5.80. The Hall–Kier alpha value is -3.37. The summed E-state index contributed by atoms with van der Waals surface area (Å²) in [7, 11) is 0. The highest BCUT2D eigenvalue weighted by molar-refractivity contribution is 6.07. The molecule has 0 saturated carbocycles. The van der Waals surface area contributed by atoms with Crippen molar-refractivity contribution >= 4 is 38.5 Å².